The van der Waals surface area contributed by atoms with Crippen LogP contribution in [-0.2, 0) is 4.43 Å². The lowest BCUT2D eigenvalue weighted by molar-refractivity contribution is -0.384. The molecule has 0 spiro atoms. The molecule has 0 aliphatic heterocycles. The maximum atomic E-state index is 12.8. The van der Waals surface area contributed by atoms with E-state index >= 15 is 0 Å². The summed E-state index contributed by atoms with van der Waals surface area (Å²) in [6.07, 6.45) is 3.42. The monoisotopic (exact) mass is 389 g/mol. The summed E-state index contributed by atoms with van der Waals surface area (Å²) in [7, 11) is -1.97. The molecule has 1 atom stereocenters. The second-order valence-corrected chi connectivity index (χ2v) is 13.8. The van der Waals surface area contributed by atoms with E-state index < -0.39 is 13.2 Å². The molecule has 0 bridgehead atoms. The first-order valence-corrected chi connectivity index (χ1v) is 12.5. The molecule has 0 aromatic heterocycles. The minimum absolute atomic E-state index is 0.00176. The van der Waals surface area contributed by atoms with Gasteiger partial charge in [0.25, 0.3) is 5.69 Å². The van der Waals surface area contributed by atoms with Gasteiger partial charge in [0.1, 0.15) is 0 Å². The Hall–Kier alpha value is -1.95. The summed E-state index contributed by atoms with van der Waals surface area (Å²) in [5.41, 5.74) is 1.78. The van der Waals surface area contributed by atoms with Gasteiger partial charge in [-0.15, -0.1) is 0 Å². The second-order valence-electron chi connectivity index (χ2n) is 9.03. The van der Waals surface area contributed by atoms with Crippen molar-refractivity contribution in [2.75, 3.05) is 0 Å². The van der Waals surface area contributed by atoms with E-state index in [4.69, 9.17) is 4.43 Å². The molecule has 148 valence electrons. The average Bonchev–Trinajstić information content (AvgIpc) is 2.57. The summed E-state index contributed by atoms with van der Waals surface area (Å²) in [6, 6.07) is 5.88. The third-order valence-corrected chi connectivity index (χ3v) is 10.2. The predicted molar refractivity (Wildman–Crippen MR) is 110 cm³/mol. The Kier molecular flexibility index (Phi) is 6.30. The Bertz CT molecular complexity index is 744. The highest BCUT2D eigenvalue weighted by molar-refractivity contribution is 6.74. The predicted octanol–water partition coefficient (Wildman–Crippen LogP) is 6.26. The zero-order valence-corrected chi connectivity index (χ0v) is 18.3. The third kappa shape index (κ3) is 5.06. The van der Waals surface area contributed by atoms with Crippen LogP contribution in [0.15, 0.2) is 35.6 Å². The van der Waals surface area contributed by atoms with Crippen LogP contribution in [0.5, 0.6) is 0 Å². The maximum Gasteiger partial charge on any atom is 0.269 e. The van der Waals surface area contributed by atoms with Crippen molar-refractivity contribution in [2.24, 2.45) is 5.92 Å². The summed E-state index contributed by atoms with van der Waals surface area (Å²) < 4.78 is 6.63. The fraction of sp³-hybridized carbons (Fsp3) is 0.571. The second kappa shape index (κ2) is 7.96. The largest absolute Gasteiger partial charge is 0.546 e. The Morgan fingerprint density at radius 3 is 2.37 bits per heavy atom. The van der Waals surface area contributed by atoms with E-state index in [0.717, 1.165) is 25.0 Å². The Morgan fingerprint density at radius 2 is 1.85 bits per heavy atom. The molecule has 1 unspecified atom stereocenters. The van der Waals surface area contributed by atoms with Crippen LogP contribution in [0.3, 0.4) is 0 Å². The molecule has 5 nitrogen and oxygen atoms in total. The van der Waals surface area contributed by atoms with Crippen molar-refractivity contribution in [3.8, 4) is 0 Å². The van der Waals surface area contributed by atoms with Gasteiger partial charge in [0.2, 0.25) is 8.32 Å². The summed E-state index contributed by atoms with van der Waals surface area (Å²) in [5.74, 6) is 1.12. The van der Waals surface area contributed by atoms with Crippen LogP contribution in [0.4, 0.5) is 5.69 Å². The van der Waals surface area contributed by atoms with E-state index in [1.165, 1.54) is 17.7 Å². The van der Waals surface area contributed by atoms with Gasteiger partial charge in [0.15, 0.2) is 5.78 Å². The standard InChI is InChI=1S/C21H31NO4Si/c1-15-8-7-9-17(20(15)26-27(5,6)21(2,3)4)14-19(23)16-10-12-18(13-11-16)22(24)25/h10-13,17H,7-9,14H2,1-6H3. The highest BCUT2D eigenvalue weighted by Crippen LogP contribution is 2.42. The molecule has 0 saturated carbocycles. The van der Waals surface area contributed by atoms with Crippen LogP contribution < -0.4 is 0 Å². The lowest BCUT2D eigenvalue weighted by Gasteiger charge is -2.40. The minimum atomic E-state index is -1.97. The Morgan fingerprint density at radius 1 is 1.26 bits per heavy atom. The quantitative estimate of drug-likeness (QED) is 0.249. The molecule has 1 aromatic rings. The zero-order valence-electron chi connectivity index (χ0n) is 17.3. The zero-order chi connectivity index (χ0) is 20.4. The van der Waals surface area contributed by atoms with Gasteiger partial charge >= 0.3 is 0 Å². The van der Waals surface area contributed by atoms with E-state index in [0.29, 0.717) is 12.0 Å². The number of nitrogens with zero attached hydrogens (tertiary/aromatic N) is 1. The van der Waals surface area contributed by atoms with Gasteiger partial charge in [-0.05, 0) is 62.0 Å². The SMILES string of the molecule is CC1=C(O[Si](C)(C)C(C)(C)C)C(CC(=O)c2ccc([N+](=O)[O-])cc2)CCC1. The van der Waals surface area contributed by atoms with Gasteiger partial charge in [-0.2, -0.15) is 0 Å². The molecule has 6 heteroatoms. The van der Waals surface area contributed by atoms with Gasteiger partial charge in [0.05, 0.1) is 10.7 Å². The van der Waals surface area contributed by atoms with Crippen molar-refractivity contribution in [3.05, 3.63) is 51.3 Å². The smallest absolute Gasteiger partial charge is 0.269 e. The molecule has 0 radical (unpaired) electrons. The molecule has 1 aliphatic carbocycles. The Balaban J connectivity index is 2.19. The van der Waals surface area contributed by atoms with Crippen molar-refractivity contribution in [3.63, 3.8) is 0 Å². The van der Waals surface area contributed by atoms with E-state index in [1.54, 1.807) is 12.1 Å². The number of non-ortho nitro benzene ring substituents is 1. The molecule has 0 fully saturated rings. The number of rotatable bonds is 6. The molecule has 1 aliphatic rings. The fourth-order valence-corrected chi connectivity index (χ4v) is 4.32. The first-order chi connectivity index (χ1) is 12.4. The molecule has 0 saturated heterocycles. The van der Waals surface area contributed by atoms with Crippen LogP contribution in [0.1, 0.15) is 63.7 Å². The van der Waals surface area contributed by atoms with Crippen molar-refractivity contribution >= 4 is 19.8 Å². The normalized spacial score (nSPS) is 18.4. The number of nitro benzene ring substituents is 1. The van der Waals surface area contributed by atoms with Crippen molar-refractivity contribution in [1.29, 1.82) is 0 Å². The molecule has 27 heavy (non-hydrogen) atoms. The number of carbonyl (C=O) groups excluding carboxylic acids is 1. The molecule has 1 aromatic carbocycles. The number of carbonyl (C=O) groups is 1. The summed E-state index contributed by atoms with van der Waals surface area (Å²) in [5, 5.41) is 10.9. The van der Waals surface area contributed by atoms with Crippen LogP contribution in [0.25, 0.3) is 0 Å². The van der Waals surface area contributed by atoms with Gasteiger partial charge in [-0.25, -0.2) is 0 Å². The highest BCUT2D eigenvalue weighted by Gasteiger charge is 2.41. The van der Waals surface area contributed by atoms with Crippen LogP contribution >= 0.6 is 0 Å². The van der Waals surface area contributed by atoms with E-state index in [2.05, 4.69) is 40.8 Å². The van der Waals surface area contributed by atoms with Gasteiger partial charge in [-0.3, -0.25) is 14.9 Å². The first kappa shape index (κ1) is 21.3. The number of nitro groups is 1. The topological polar surface area (TPSA) is 69.4 Å². The molecule has 0 heterocycles. The van der Waals surface area contributed by atoms with Crippen molar-refractivity contribution in [2.45, 2.75) is 71.5 Å². The minimum Gasteiger partial charge on any atom is -0.546 e. The van der Waals surface area contributed by atoms with Crippen molar-refractivity contribution in [1.82, 2.24) is 0 Å². The summed E-state index contributed by atoms with van der Waals surface area (Å²) in [4.78, 5) is 23.1. The summed E-state index contributed by atoms with van der Waals surface area (Å²) in [6.45, 7) is 13.2. The number of ketones is 1. The first-order valence-electron chi connectivity index (χ1n) is 9.58. The Labute approximate surface area is 163 Å². The molecule has 2 rings (SSSR count). The lowest BCUT2D eigenvalue weighted by Crippen LogP contribution is -2.42. The number of hydrogen-bond acceptors (Lipinski definition) is 4. The molecule has 0 amide bonds. The van der Waals surface area contributed by atoms with Crippen LogP contribution in [-0.4, -0.2) is 19.0 Å². The molecular formula is C21H31NO4Si. The average molecular weight is 390 g/mol. The fourth-order valence-electron chi connectivity index (χ4n) is 3.12. The molecular weight excluding hydrogens is 358 g/mol. The van der Waals surface area contributed by atoms with Gasteiger partial charge in [0, 0.05) is 30.0 Å². The summed E-state index contributed by atoms with van der Waals surface area (Å²) >= 11 is 0. The highest BCUT2D eigenvalue weighted by atomic mass is 28.4. The van der Waals surface area contributed by atoms with E-state index in [-0.39, 0.29) is 22.4 Å². The lowest BCUT2D eigenvalue weighted by atomic mass is 9.85. The number of hydrogen-bond donors (Lipinski definition) is 0. The number of benzene rings is 1. The number of allylic oxidation sites excluding steroid dienone is 2. The van der Waals surface area contributed by atoms with Crippen LogP contribution in [0.2, 0.25) is 18.1 Å². The van der Waals surface area contributed by atoms with Gasteiger partial charge in [-0.1, -0.05) is 20.8 Å². The van der Waals surface area contributed by atoms with E-state index in [9.17, 15) is 14.9 Å². The maximum absolute atomic E-state index is 12.8. The number of Topliss-reactive ketones (excluding diaryl/α,β-unsaturated/α-hetero) is 1. The van der Waals surface area contributed by atoms with E-state index in [1.807, 2.05) is 0 Å². The van der Waals surface area contributed by atoms with Gasteiger partial charge < -0.3 is 4.43 Å². The van der Waals surface area contributed by atoms with Crippen LogP contribution in [0, 0.1) is 16.0 Å². The third-order valence-electron chi connectivity index (χ3n) is 5.90. The van der Waals surface area contributed by atoms with Crippen molar-refractivity contribution < 1.29 is 14.1 Å². The molecule has 0 N–H and O–H groups in total.